The predicted molar refractivity (Wildman–Crippen MR) is 259 cm³/mol. The molecule has 0 saturated carbocycles. The zero-order valence-corrected chi connectivity index (χ0v) is 34.0. The lowest BCUT2D eigenvalue weighted by Gasteiger charge is -2.12. The van der Waals surface area contributed by atoms with Gasteiger partial charge < -0.3 is 4.42 Å². The zero-order valence-electron chi connectivity index (χ0n) is 34.0. The van der Waals surface area contributed by atoms with Gasteiger partial charge in [0.2, 0.25) is 0 Å². The van der Waals surface area contributed by atoms with Gasteiger partial charge in [-0.2, -0.15) is 0 Å². The molecule has 0 aliphatic heterocycles. The van der Waals surface area contributed by atoms with Crippen molar-refractivity contribution in [3.63, 3.8) is 0 Å². The number of allylic oxidation sites excluding steroid dienone is 3. The van der Waals surface area contributed by atoms with Crippen molar-refractivity contribution < 1.29 is 4.42 Å². The van der Waals surface area contributed by atoms with Crippen LogP contribution in [0.1, 0.15) is 12.5 Å². The number of benzene rings is 9. The number of nitrogens with zero attached hydrogens (tertiary/aromatic N) is 3. The van der Waals surface area contributed by atoms with Crippen LogP contribution in [0.3, 0.4) is 0 Å². The van der Waals surface area contributed by atoms with Crippen LogP contribution in [-0.2, 0) is 0 Å². The Kier molecular flexibility index (Phi) is 9.36. The Morgan fingerprint density at radius 3 is 1.73 bits per heavy atom. The molecule has 0 aliphatic carbocycles. The predicted octanol–water partition coefficient (Wildman–Crippen LogP) is 15.7. The number of furan rings is 1. The molecular formula is C58H39N3O. The van der Waals surface area contributed by atoms with Gasteiger partial charge in [0.25, 0.3) is 0 Å². The van der Waals surface area contributed by atoms with Gasteiger partial charge in [-0.3, -0.25) is 0 Å². The van der Waals surface area contributed by atoms with E-state index in [4.69, 9.17) is 19.4 Å². The van der Waals surface area contributed by atoms with Crippen LogP contribution < -0.4 is 0 Å². The van der Waals surface area contributed by atoms with Crippen molar-refractivity contribution in [1.82, 2.24) is 15.0 Å². The molecule has 0 N–H and O–H groups in total. The first-order valence-electron chi connectivity index (χ1n) is 21.0. The maximum atomic E-state index is 6.68. The monoisotopic (exact) mass is 793 g/mol. The van der Waals surface area contributed by atoms with E-state index in [0.717, 1.165) is 71.7 Å². The van der Waals surface area contributed by atoms with Gasteiger partial charge in [0.1, 0.15) is 11.2 Å². The van der Waals surface area contributed by atoms with Crippen LogP contribution in [0, 0.1) is 0 Å². The Labute approximate surface area is 359 Å². The molecule has 0 fully saturated rings. The molecule has 0 atom stereocenters. The van der Waals surface area contributed by atoms with E-state index >= 15 is 0 Å². The first-order chi connectivity index (χ1) is 30.7. The molecule has 0 spiro atoms. The summed E-state index contributed by atoms with van der Waals surface area (Å²) in [5.41, 5.74) is 12.4. The van der Waals surface area contributed by atoms with E-state index < -0.39 is 0 Å². The van der Waals surface area contributed by atoms with E-state index in [1.807, 2.05) is 43.4 Å². The minimum atomic E-state index is 0.583. The molecule has 62 heavy (non-hydrogen) atoms. The minimum Gasteiger partial charge on any atom is -0.456 e. The number of rotatable bonds is 8. The molecule has 0 amide bonds. The quantitative estimate of drug-likeness (QED) is 0.144. The molecule has 2 aromatic heterocycles. The van der Waals surface area contributed by atoms with Crippen LogP contribution in [0.15, 0.2) is 217 Å². The molecule has 0 aliphatic rings. The van der Waals surface area contributed by atoms with Gasteiger partial charge in [0, 0.05) is 27.5 Å². The lowest BCUT2D eigenvalue weighted by molar-refractivity contribution is 0.669. The molecule has 2 heterocycles. The summed E-state index contributed by atoms with van der Waals surface area (Å²) >= 11 is 0. The molecule has 0 saturated heterocycles. The van der Waals surface area contributed by atoms with Gasteiger partial charge in [-0.25, -0.2) is 15.0 Å². The Hall–Kier alpha value is -8.21. The van der Waals surface area contributed by atoms with E-state index in [-0.39, 0.29) is 0 Å². The van der Waals surface area contributed by atoms with Gasteiger partial charge >= 0.3 is 0 Å². The Bertz CT molecular complexity index is 3510. The highest BCUT2D eigenvalue weighted by atomic mass is 16.3. The number of hydrogen-bond donors (Lipinski definition) is 0. The van der Waals surface area contributed by atoms with Gasteiger partial charge in [-0.15, -0.1) is 0 Å². The Balaban J connectivity index is 1.05. The van der Waals surface area contributed by atoms with Crippen LogP contribution in [0.5, 0.6) is 0 Å². The molecule has 9 aromatic carbocycles. The second-order valence-corrected chi connectivity index (χ2v) is 15.5. The fraction of sp³-hybridized carbons (Fsp3) is 0.0172. The van der Waals surface area contributed by atoms with E-state index in [2.05, 4.69) is 182 Å². The van der Waals surface area contributed by atoms with Gasteiger partial charge in [-0.05, 0) is 97.7 Å². The van der Waals surface area contributed by atoms with Crippen molar-refractivity contribution in [3.8, 4) is 67.5 Å². The molecular weight excluding hydrogens is 755 g/mol. The van der Waals surface area contributed by atoms with Crippen molar-refractivity contribution in [2.24, 2.45) is 0 Å². The van der Waals surface area contributed by atoms with Gasteiger partial charge in [-0.1, -0.05) is 188 Å². The fourth-order valence-corrected chi connectivity index (χ4v) is 8.57. The molecule has 11 rings (SSSR count). The van der Waals surface area contributed by atoms with Crippen LogP contribution in [0.2, 0.25) is 0 Å². The third kappa shape index (κ3) is 6.84. The van der Waals surface area contributed by atoms with Crippen LogP contribution in [0.4, 0.5) is 0 Å². The maximum Gasteiger partial charge on any atom is 0.164 e. The van der Waals surface area contributed by atoms with E-state index in [0.29, 0.717) is 17.5 Å². The summed E-state index contributed by atoms with van der Waals surface area (Å²) in [6, 6.07) is 68.2. The average molecular weight is 794 g/mol. The van der Waals surface area contributed by atoms with Crippen LogP contribution in [-0.4, -0.2) is 15.0 Å². The third-order valence-corrected chi connectivity index (χ3v) is 11.7. The number of hydrogen-bond acceptors (Lipinski definition) is 4. The zero-order chi connectivity index (χ0) is 41.4. The first kappa shape index (κ1) is 36.8. The summed E-state index contributed by atoms with van der Waals surface area (Å²) < 4.78 is 6.68. The number of aromatic nitrogens is 3. The summed E-state index contributed by atoms with van der Waals surface area (Å²) in [4.78, 5) is 15.6. The normalized spacial score (nSPS) is 11.8. The second-order valence-electron chi connectivity index (χ2n) is 15.5. The summed E-state index contributed by atoms with van der Waals surface area (Å²) in [5, 5.41) is 6.65. The average Bonchev–Trinajstić information content (AvgIpc) is 3.72. The van der Waals surface area contributed by atoms with E-state index in [1.165, 1.54) is 27.5 Å². The van der Waals surface area contributed by atoms with Gasteiger partial charge in [0.15, 0.2) is 17.5 Å². The third-order valence-electron chi connectivity index (χ3n) is 11.7. The summed E-state index contributed by atoms with van der Waals surface area (Å²) in [6.45, 7) is 2.01. The molecule has 4 nitrogen and oxygen atoms in total. The van der Waals surface area contributed by atoms with Crippen molar-refractivity contribution >= 4 is 49.6 Å². The molecule has 0 bridgehead atoms. The first-order valence-corrected chi connectivity index (χ1v) is 21.0. The molecule has 292 valence electrons. The molecule has 11 aromatic rings. The molecule has 4 heteroatoms. The van der Waals surface area contributed by atoms with Crippen molar-refractivity contribution in [2.45, 2.75) is 6.92 Å². The standard InChI is InChI=1S/C58H39N3O/c1-2-3-6-14-38-23-25-42(26-24-38)56-59-57(45-30-28-40-27-29-43(35-46(40)36-45)39-15-7-4-8-16-39)61-58(60-56)52-21-13-22-53-55(52)51-32-31-44(37-54(51)62-53)48-34-33-47(41-17-9-5-10-18-41)49-19-11-12-20-50(48)49/h2-37H,1H3/b3-2-,14-6-. The fourth-order valence-electron chi connectivity index (χ4n) is 8.57. The topological polar surface area (TPSA) is 51.8 Å². The second kappa shape index (κ2) is 15.8. The summed E-state index contributed by atoms with van der Waals surface area (Å²) in [7, 11) is 0. The maximum absolute atomic E-state index is 6.68. The summed E-state index contributed by atoms with van der Waals surface area (Å²) in [6.07, 6.45) is 8.17. The molecule has 0 unspecified atom stereocenters. The van der Waals surface area contributed by atoms with Crippen molar-refractivity contribution in [3.05, 3.63) is 218 Å². The van der Waals surface area contributed by atoms with Crippen molar-refractivity contribution in [2.75, 3.05) is 0 Å². The van der Waals surface area contributed by atoms with E-state index in [1.54, 1.807) is 0 Å². The smallest absolute Gasteiger partial charge is 0.164 e. The van der Waals surface area contributed by atoms with E-state index in [9.17, 15) is 0 Å². The Morgan fingerprint density at radius 1 is 0.371 bits per heavy atom. The SMILES string of the molecule is C/C=C\C=C/c1ccc(-c2nc(-c3ccc4ccc(-c5ccccc5)cc4c3)nc(-c3cccc4oc5cc(-c6ccc(-c7ccccc7)c7ccccc67)ccc5c34)n2)cc1. The lowest BCUT2D eigenvalue weighted by Crippen LogP contribution is -2.00. The summed E-state index contributed by atoms with van der Waals surface area (Å²) in [5.74, 6) is 1.79. The highest BCUT2D eigenvalue weighted by Gasteiger charge is 2.19. The van der Waals surface area contributed by atoms with Crippen LogP contribution >= 0.6 is 0 Å². The van der Waals surface area contributed by atoms with Crippen molar-refractivity contribution in [1.29, 1.82) is 0 Å². The molecule has 0 radical (unpaired) electrons. The lowest BCUT2D eigenvalue weighted by atomic mass is 9.92. The van der Waals surface area contributed by atoms with Crippen LogP contribution in [0.25, 0.3) is 117 Å². The largest absolute Gasteiger partial charge is 0.456 e. The highest BCUT2D eigenvalue weighted by molar-refractivity contribution is 6.13. The number of fused-ring (bicyclic) bond motifs is 5. The highest BCUT2D eigenvalue weighted by Crippen LogP contribution is 2.41. The minimum absolute atomic E-state index is 0.583. The van der Waals surface area contributed by atoms with Gasteiger partial charge in [0.05, 0.1) is 0 Å². The Morgan fingerprint density at radius 2 is 0.984 bits per heavy atom.